The molecule has 2 aliphatic rings. The monoisotopic (exact) mass is 446 g/mol. The van der Waals surface area contributed by atoms with Crippen molar-refractivity contribution in [1.29, 1.82) is 0 Å². The molecule has 2 saturated heterocycles. The summed E-state index contributed by atoms with van der Waals surface area (Å²) in [6, 6.07) is 5.75. The van der Waals surface area contributed by atoms with Crippen molar-refractivity contribution in [2.45, 2.75) is 38.6 Å². The predicted octanol–water partition coefficient (Wildman–Crippen LogP) is 1.84. The van der Waals surface area contributed by atoms with Gasteiger partial charge in [0.05, 0.1) is 14.2 Å². The van der Waals surface area contributed by atoms with E-state index in [4.69, 9.17) is 9.47 Å². The quantitative estimate of drug-likeness (QED) is 0.624. The lowest BCUT2D eigenvalue weighted by Crippen LogP contribution is -2.48. The van der Waals surface area contributed by atoms with Gasteiger partial charge in [0, 0.05) is 69.9 Å². The molecule has 1 aromatic carbocycles. The first-order valence-corrected chi connectivity index (χ1v) is 11.8. The number of methoxy groups -OCH3 is 2. The molecule has 0 unspecified atom stereocenters. The van der Waals surface area contributed by atoms with Gasteiger partial charge in [0.15, 0.2) is 0 Å². The summed E-state index contributed by atoms with van der Waals surface area (Å²) in [6.07, 6.45) is 4.00. The molecule has 1 aromatic rings. The molecule has 0 bridgehead atoms. The van der Waals surface area contributed by atoms with Crippen molar-refractivity contribution in [3.8, 4) is 11.5 Å². The highest BCUT2D eigenvalue weighted by Crippen LogP contribution is 2.24. The topological polar surface area (TPSA) is 74.3 Å². The van der Waals surface area contributed by atoms with Gasteiger partial charge in [0.2, 0.25) is 5.91 Å². The minimum absolute atomic E-state index is 0.0972. The zero-order valence-corrected chi connectivity index (χ0v) is 19.8. The van der Waals surface area contributed by atoms with E-state index in [2.05, 4.69) is 17.1 Å². The van der Waals surface area contributed by atoms with Crippen LogP contribution in [0.15, 0.2) is 18.2 Å². The second-order valence-electron chi connectivity index (χ2n) is 8.66. The largest absolute Gasteiger partial charge is 0.497 e. The Morgan fingerprint density at radius 1 is 1.03 bits per heavy atom. The lowest BCUT2D eigenvalue weighted by molar-refractivity contribution is -0.131. The van der Waals surface area contributed by atoms with E-state index < -0.39 is 0 Å². The van der Waals surface area contributed by atoms with Crippen LogP contribution in [0.2, 0.25) is 0 Å². The summed E-state index contributed by atoms with van der Waals surface area (Å²) in [5, 5.41) is 3.27. The Morgan fingerprint density at radius 3 is 2.34 bits per heavy atom. The molecule has 0 aromatic heterocycles. The molecule has 2 amide bonds. The normalized spacial score (nSPS) is 19.5. The van der Waals surface area contributed by atoms with Crippen LogP contribution in [0.1, 0.15) is 43.0 Å². The number of nitrogens with one attached hydrogen (secondary N) is 1. The van der Waals surface area contributed by atoms with Gasteiger partial charge in [-0.05, 0) is 38.4 Å². The summed E-state index contributed by atoms with van der Waals surface area (Å²) in [4.78, 5) is 32.4. The van der Waals surface area contributed by atoms with Gasteiger partial charge in [-0.3, -0.25) is 14.5 Å². The molecule has 0 aliphatic carbocycles. The average molecular weight is 447 g/mol. The Balaban J connectivity index is 1.71. The van der Waals surface area contributed by atoms with Crippen molar-refractivity contribution in [2.75, 3.05) is 66.6 Å². The number of hydrogen-bond acceptors (Lipinski definition) is 6. The maximum Gasteiger partial charge on any atom is 0.254 e. The van der Waals surface area contributed by atoms with Crippen LogP contribution in [0.3, 0.4) is 0 Å². The predicted molar refractivity (Wildman–Crippen MR) is 124 cm³/mol. The molecule has 3 rings (SSSR count). The van der Waals surface area contributed by atoms with Gasteiger partial charge >= 0.3 is 0 Å². The molecule has 0 spiro atoms. The number of carbonyl (C=O) groups is 2. The van der Waals surface area contributed by atoms with Gasteiger partial charge in [-0.2, -0.15) is 0 Å². The fourth-order valence-corrected chi connectivity index (χ4v) is 4.47. The zero-order valence-electron chi connectivity index (χ0n) is 19.8. The summed E-state index contributed by atoms with van der Waals surface area (Å²) < 4.78 is 10.7. The maximum absolute atomic E-state index is 13.5. The Bertz CT molecular complexity index is 744. The molecular weight excluding hydrogens is 408 g/mol. The van der Waals surface area contributed by atoms with Crippen molar-refractivity contribution in [3.05, 3.63) is 23.8 Å². The van der Waals surface area contributed by atoms with Crippen LogP contribution >= 0.6 is 0 Å². The smallest absolute Gasteiger partial charge is 0.254 e. The molecule has 1 atom stereocenters. The molecule has 0 saturated carbocycles. The maximum atomic E-state index is 13.5. The number of carbonyl (C=O) groups excluding carboxylic acids is 2. The van der Waals surface area contributed by atoms with Gasteiger partial charge in [0.25, 0.3) is 5.91 Å². The van der Waals surface area contributed by atoms with Crippen molar-refractivity contribution >= 4 is 11.8 Å². The second kappa shape index (κ2) is 12.1. The number of piperazine rings is 1. The van der Waals surface area contributed by atoms with E-state index in [9.17, 15) is 9.59 Å². The lowest BCUT2D eigenvalue weighted by atomic mass is 10.0. The van der Waals surface area contributed by atoms with Gasteiger partial charge in [0.1, 0.15) is 11.5 Å². The van der Waals surface area contributed by atoms with Gasteiger partial charge < -0.3 is 24.6 Å². The van der Waals surface area contributed by atoms with Gasteiger partial charge in [-0.25, -0.2) is 0 Å². The summed E-state index contributed by atoms with van der Waals surface area (Å²) in [5.74, 6) is 1.17. The van der Waals surface area contributed by atoms with Crippen LogP contribution in [-0.2, 0) is 4.79 Å². The average Bonchev–Trinajstić information content (AvgIpc) is 2.84. The first-order chi connectivity index (χ1) is 15.5. The van der Waals surface area contributed by atoms with E-state index >= 15 is 0 Å². The van der Waals surface area contributed by atoms with Crippen LogP contribution < -0.4 is 14.8 Å². The zero-order chi connectivity index (χ0) is 22.9. The number of amides is 2. The number of nitrogens with zero attached hydrogens (tertiary/aromatic N) is 3. The molecule has 8 nitrogen and oxygen atoms in total. The molecule has 178 valence electrons. The second-order valence-corrected chi connectivity index (χ2v) is 8.66. The van der Waals surface area contributed by atoms with Crippen LogP contribution in [0, 0.1) is 0 Å². The first-order valence-electron chi connectivity index (χ1n) is 11.8. The Labute approximate surface area is 191 Å². The number of hydrogen-bond donors (Lipinski definition) is 1. The van der Waals surface area contributed by atoms with E-state index in [1.54, 1.807) is 32.4 Å². The molecule has 2 aliphatic heterocycles. The minimum atomic E-state index is -0.0972. The number of likely N-dealkylation sites (tertiary alicyclic amines) is 1. The molecule has 1 N–H and O–H groups in total. The number of rotatable bonds is 9. The summed E-state index contributed by atoms with van der Waals surface area (Å²) in [6.45, 7) is 8.24. The Kier molecular flexibility index (Phi) is 9.17. The summed E-state index contributed by atoms with van der Waals surface area (Å²) >= 11 is 0. The number of ether oxygens (including phenoxy) is 2. The first kappa shape index (κ1) is 24.3. The van der Waals surface area contributed by atoms with Crippen molar-refractivity contribution < 1.29 is 19.1 Å². The minimum Gasteiger partial charge on any atom is -0.497 e. The summed E-state index contributed by atoms with van der Waals surface area (Å²) in [7, 11) is 3.15. The Morgan fingerprint density at radius 2 is 1.72 bits per heavy atom. The highest BCUT2D eigenvalue weighted by molar-refractivity contribution is 5.95. The van der Waals surface area contributed by atoms with E-state index in [1.165, 1.54) is 19.3 Å². The molecule has 2 fully saturated rings. The Hall–Kier alpha value is -2.32. The number of piperidine rings is 1. The van der Waals surface area contributed by atoms with Crippen LogP contribution in [-0.4, -0.2) is 99.1 Å². The van der Waals surface area contributed by atoms with Crippen molar-refractivity contribution in [1.82, 2.24) is 20.0 Å². The van der Waals surface area contributed by atoms with Crippen molar-refractivity contribution in [2.24, 2.45) is 0 Å². The van der Waals surface area contributed by atoms with Crippen molar-refractivity contribution in [3.63, 3.8) is 0 Å². The molecular formula is C24H38N4O4. The van der Waals surface area contributed by atoms with E-state index in [-0.39, 0.29) is 11.8 Å². The standard InChI is InChI=1S/C24H38N4O4/c1-19-6-4-5-10-26(19)14-15-28(11-7-23(29)27-12-8-25-9-13-27)24(30)20-16-21(31-2)18-22(17-20)32-3/h16-19,25H,4-15H2,1-3H3/t19-/m1/s1. The SMILES string of the molecule is COc1cc(OC)cc(C(=O)N(CCC(=O)N2CCNCC2)CCN2CCCC[C@H]2C)c1. The van der Waals surface area contributed by atoms with Crippen LogP contribution in [0.4, 0.5) is 0 Å². The third kappa shape index (κ3) is 6.59. The molecule has 8 heteroatoms. The molecule has 2 heterocycles. The molecule has 0 radical (unpaired) electrons. The van der Waals surface area contributed by atoms with E-state index in [0.29, 0.717) is 42.6 Å². The van der Waals surface area contributed by atoms with E-state index in [1.807, 2.05) is 9.80 Å². The van der Waals surface area contributed by atoms with Gasteiger partial charge in [-0.1, -0.05) is 6.42 Å². The third-order valence-corrected chi connectivity index (χ3v) is 6.55. The van der Waals surface area contributed by atoms with Gasteiger partial charge in [-0.15, -0.1) is 0 Å². The van der Waals surface area contributed by atoms with E-state index in [0.717, 1.165) is 39.3 Å². The summed E-state index contributed by atoms with van der Waals surface area (Å²) in [5.41, 5.74) is 0.516. The highest BCUT2D eigenvalue weighted by atomic mass is 16.5. The lowest BCUT2D eigenvalue weighted by Gasteiger charge is -2.35. The fraction of sp³-hybridized carbons (Fsp3) is 0.667. The third-order valence-electron chi connectivity index (χ3n) is 6.55. The fourth-order valence-electron chi connectivity index (χ4n) is 4.47. The van der Waals surface area contributed by atoms with Crippen LogP contribution in [0.25, 0.3) is 0 Å². The van der Waals surface area contributed by atoms with Crippen LogP contribution in [0.5, 0.6) is 11.5 Å². The number of benzene rings is 1. The highest BCUT2D eigenvalue weighted by Gasteiger charge is 2.24. The molecule has 32 heavy (non-hydrogen) atoms.